The Labute approximate surface area is 163 Å². The van der Waals surface area contributed by atoms with E-state index in [1.807, 2.05) is 30.3 Å². The minimum atomic E-state index is -0.556. The zero-order chi connectivity index (χ0) is 19.9. The number of nitrogens with one attached hydrogen (secondary N) is 1. The minimum absolute atomic E-state index is 0.0318. The molecule has 1 aromatic heterocycles. The van der Waals surface area contributed by atoms with Gasteiger partial charge in [0, 0.05) is 6.54 Å². The van der Waals surface area contributed by atoms with Gasteiger partial charge in [-0.25, -0.2) is 4.79 Å². The van der Waals surface area contributed by atoms with Crippen molar-refractivity contribution in [1.82, 2.24) is 9.55 Å². The van der Waals surface area contributed by atoms with Crippen LogP contribution >= 0.6 is 0 Å². The predicted octanol–water partition coefficient (Wildman–Crippen LogP) is 2.39. The van der Waals surface area contributed by atoms with Crippen LogP contribution in [0.2, 0.25) is 0 Å². The first-order valence-corrected chi connectivity index (χ1v) is 9.56. The molecule has 146 valence electrons. The number of anilines is 2. The summed E-state index contributed by atoms with van der Waals surface area (Å²) in [6.45, 7) is 0.793. The summed E-state index contributed by atoms with van der Waals surface area (Å²) in [6, 6.07) is 11.5. The molecule has 3 N–H and O–H groups in total. The standard InChI is InChI=1S/C21H25N5O2/c22-12-14-25(13-11-16-7-3-1-4-8-16)18-19(23)26(21(28)24-20(18)27)15-17-9-5-2-6-10-17/h2,5-7,9-10H,1,3-4,8,11,13-15,23H2,(H,24,27,28). The molecule has 0 aliphatic heterocycles. The largest absolute Gasteiger partial charge is 0.383 e. The molecule has 7 heteroatoms. The van der Waals surface area contributed by atoms with E-state index in [9.17, 15) is 14.9 Å². The lowest BCUT2D eigenvalue weighted by molar-refractivity contribution is 0.666. The normalized spacial score (nSPS) is 13.6. The van der Waals surface area contributed by atoms with Gasteiger partial charge in [0.15, 0.2) is 0 Å². The number of nitrogen functional groups attached to an aromatic ring is 1. The summed E-state index contributed by atoms with van der Waals surface area (Å²) in [6.07, 6.45) is 7.55. The van der Waals surface area contributed by atoms with Gasteiger partial charge in [-0.05, 0) is 37.7 Å². The van der Waals surface area contributed by atoms with Crippen molar-refractivity contribution in [3.63, 3.8) is 0 Å². The molecule has 0 radical (unpaired) electrons. The van der Waals surface area contributed by atoms with Gasteiger partial charge in [-0.3, -0.25) is 14.3 Å². The summed E-state index contributed by atoms with van der Waals surface area (Å²) in [7, 11) is 0. The molecule has 0 amide bonds. The van der Waals surface area contributed by atoms with E-state index in [0.29, 0.717) is 6.54 Å². The number of aromatic nitrogens is 2. The van der Waals surface area contributed by atoms with E-state index in [1.165, 1.54) is 23.0 Å². The van der Waals surface area contributed by atoms with Crippen molar-refractivity contribution in [3.8, 4) is 6.07 Å². The smallest absolute Gasteiger partial charge is 0.330 e. The number of nitrogens with zero attached hydrogens (tertiary/aromatic N) is 3. The summed E-state index contributed by atoms with van der Waals surface area (Å²) in [4.78, 5) is 28.9. The molecule has 2 aromatic rings. The number of hydrogen-bond donors (Lipinski definition) is 2. The van der Waals surface area contributed by atoms with Gasteiger partial charge in [0.2, 0.25) is 0 Å². The molecular weight excluding hydrogens is 354 g/mol. The second-order valence-electron chi connectivity index (χ2n) is 7.00. The molecule has 1 aliphatic carbocycles. The van der Waals surface area contributed by atoms with Gasteiger partial charge in [-0.1, -0.05) is 42.0 Å². The molecular formula is C21H25N5O2. The third-order valence-corrected chi connectivity index (χ3v) is 5.06. The van der Waals surface area contributed by atoms with Crippen LogP contribution in [0.15, 0.2) is 51.6 Å². The molecule has 0 saturated heterocycles. The Morgan fingerprint density at radius 1 is 1.21 bits per heavy atom. The van der Waals surface area contributed by atoms with Gasteiger partial charge < -0.3 is 10.6 Å². The Bertz CT molecular complexity index is 998. The highest BCUT2D eigenvalue weighted by Gasteiger charge is 2.19. The van der Waals surface area contributed by atoms with Crippen LogP contribution < -0.4 is 21.9 Å². The van der Waals surface area contributed by atoms with Crippen LogP contribution in [0.3, 0.4) is 0 Å². The summed E-state index contributed by atoms with van der Waals surface area (Å²) >= 11 is 0. The van der Waals surface area contributed by atoms with Crippen molar-refractivity contribution in [3.05, 3.63) is 68.4 Å². The van der Waals surface area contributed by atoms with Crippen LogP contribution in [-0.4, -0.2) is 22.6 Å². The first-order valence-electron chi connectivity index (χ1n) is 9.56. The molecule has 28 heavy (non-hydrogen) atoms. The van der Waals surface area contributed by atoms with Crippen molar-refractivity contribution in [2.45, 2.75) is 38.6 Å². The number of allylic oxidation sites excluding steroid dienone is 1. The van der Waals surface area contributed by atoms with Crippen molar-refractivity contribution in [1.29, 1.82) is 5.26 Å². The Morgan fingerprint density at radius 3 is 2.68 bits per heavy atom. The minimum Gasteiger partial charge on any atom is -0.383 e. The van der Waals surface area contributed by atoms with Gasteiger partial charge in [-0.2, -0.15) is 5.26 Å². The van der Waals surface area contributed by atoms with Crippen LogP contribution in [0.5, 0.6) is 0 Å². The predicted molar refractivity (Wildman–Crippen MR) is 110 cm³/mol. The average molecular weight is 379 g/mol. The Balaban J connectivity index is 1.92. The van der Waals surface area contributed by atoms with Crippen LogP contribution in [0.1, 0.15) is 37.7 Å². The van der Waals surface area contributed by atoms with Gasteiger partial charge in [0.05, 0.1) is 12.6 Å². The van der Waals surface area contributed by atoms with Crippen LogP contribution in [-0.2, 0) is 6.54 Å². The van der Waals surface area contributed by atoms with Crippen LogP contribution in [0.25, 0.3) is 0 Å². The van der Waals surface area contributed by atoms with Crippen molar-refractivity contribution >= 4 is 11.5 Å². The number of rotatable bonds is 7. The highest BCUT2D eigenvalue weighted by molar-refractivity contribution is 5.63. The first kappa shape index (κ1) is 19.5. The van der Waals surface area contributed by atoms with Crippen molar-refractivity contribution < 1.29 is 0 Å². The lowest BCUT2D eigenvalue weighted by Crippen LogP contribution is -2.39. The van der Waals surface area contributed by atoms with Crippen LogP contribution in [0, 0.1) is 11.3 Å². The molecule has 0 atom stereocenters. The van der Waals surface area contributed by atoms with E-state index in [-0.39, 0.29) is 24.6 Å². The molecule has 3 rings (SSSR count). The number of nitriles is 1. The van der Waals surface area contributed by atoms with Crippen LogP contribution in [0.4, 0.5) is 11.5 Å². The lowest BCUT2D eigenvalue weighted by Gasteiger charge is -2.25. The van der Waals surface area contributed by atoms with Crippen molar-refractivity contribution in [2.75, 3.05) is 23.7 Å². The summed E-state index contributed by atoms with van der Waals surface area (Å²) < 4.78 is 1.34. The monoisotopic (exact) mass is 379 g/mol. The molecule has 1 aromatic carbocycles. The number of aromatic amines is 1. The van der Waals surface area contributed by atoms with E-state index in [1.54, 1.807) is 4.90 Å². The van der Waals surface area contributed by atoms with Gasteiger partial charge in [-0.15, -0.1) is 0 Å². The molecule has 7 nitrogen and oxygen atoms in total. The molecule has 0 unspecified atom stereocenters. The third kappa shape index (κ3) is 4.52. The molecule has 0 fully saturated rings. The Hall–Kier alpha value is -3.27. The fraction of sp³-hybridized carbons (Fsp3) is 0.381. The number of hydrogen-bond acceptors (Lipinski definition) is 5. The third-order valence-electron chi connectivity index (χ3n) is 5.06. The molecule has 0 bridgehead atoms. The summed E-state index contributed by atoms with van der Waals surface area (Å²) in [5.74, 6) is 0.0884. The fourth-order valence-corrected chi connectivity index (χ4v) is 3.57. The lowest BCUT2D eigenvalue weighted by atomic mass is 9.97. The second-order valence-corrected chi connectivity index (χ2v) is 7.00. The second kappa shape index (κ2) is 9.09. The average Bonchev–Trinajstić information content (AvgIpc) is 2.71. The quantitative estimate of drug-likeness (QED) is 0.567. The Morgan fingerprint density at radius 2 is 2.00 bits per heavy atom. The zero-order valence-corrected chi connectivity index (χ0v) is 15.9. The van der Waals surface area contributed by atoms with E-state index >= 15 is 0 Å². The maximum absolute atomic E-state index is 12.5. The number of nitrogens with two attached hydrogens (primary N) is 1. The van der Waals surface area contributed by atoms with Gasteiger partial charge >= 0.3 is 5.69 Å². The SMILES string of the molecule is N#CCN(CCC1=CCCCC1)c1c(N)n(Cc2ccccc2)c(=O)[nH]c1=O. The van der Waals surface area contributed by atoms with E-state index in [4.69, 9.17) is 5.73 Å². The summed E-state index contributed by atoms with van der Waals surface area (Å²) in [5.41, 5.74) is 7.57. The van der Waals surface area contributed by atoms with E-state index in [0.717, 1.165) is 24.8 Å². The Kier molecular flexibility index (Phi) is 6.33. The van der Waals surface area contributed by atoms with Gasteiger partial charge in [0.1, 0.15) is 18.1 Å². The van der Waals surface area contributed by atoms with Crippen molar-refractivity contribution in [2.24, 2.45) is 0 Å². The zero-order valence-electron chi connectivity index (χ0n) is 15.9. The highest BCUT2D eigenvalue weighted by Crippen LogP contribution is 2.23. The van der Waals surface area contributed by atoms with E-state index < -0.39 is 11.2 Å². The summed E-state index contributed by atoms with van der Waals surface area (Å²) in [5, 5.41) is 9.25. The first-order chi connectivity index (χ1) is 13.6. The molecule has 0 saturated carbocycles. The molecule has 0 spiro atoms. The topological polar surface area (TPSA) is 108 Å². The molecule has 1 heterocycles. The molecule has 1 aliphatic rings. The number of H-pyrrole nitrogens is 1. The fourth-order valence-electron chi connectivity index (χ4n) is 3.57. The van der Waals surface area contributed by atoms with E-state index in [2.05, 4.69) is 17.1 Å². The van der Waals surface area contributed by atoms with Gasteiger partial charge in [0.25, 0.3) is 5.56 Å². The maximum atomic E-state index is 12.5. The highest BCUT2D eigenvalue weighted by atomic mass is 16.2. The maximum Gasteiger partial charge on any atom is 0.330 e. The number of benzene rings is 1.